The Balaban J connectivity index is 3.23. The fourth-order valence-corrected chi connectivity index (χ4v) is 1.72. The Morgan fingerprint density at radius 1 is 1.61 bits per heavy atom. The molecule has 0 aromatic heterocycles. The molecule has 100 valence electrons. The first kappa shape index (κ1) is 13.2. The van der Waals surface area contributed by atoms with Crippen LogP contribution >= 0.6 is 11.6 Å². The van der Waals surface area contributed by atoms with Crippen LogP contribution in [0.2, 0.25) is 5.02 Å². The maximum Gasteiger partial charge on any atom is 0.254 e. The summed E-state index contributed by atoms with van der Waals surface area (Å²) in [6.45, 7) is 1.75. The van der Waals surface area contributed by atoms with Crippen LogP contribution in [0.3, 0.4) is 0 Å². The van der Waals surface area contributed by atoms with Gasteiger partial charge in [0.1, 0.15) is 5.82 Å². The summed E-state index contributed by atoms with van der Waals surface area (Å²) in [4.78, 5) is 11.3. The van der Waals surface area contributed by atoms with Crippen LogP contribution in [0.5, 0.6) is 0 Å². The number of alkyl halides is 1. The quantitative estimate of drug-likeness (QED) is 0.889. The number of carbonyl (C=O) groups is 1. The predicted molar refractivity (Wildman–Crippen MR) is 64.5 cm³/mol. The number of nitrogens with one attached hydrogen (secondary N) is 1. The van der Waals surface area contributed by atoms with Crippen LogP contribution in [-0.4, -0.2) is 17.2 Å². The molecule has 0 aliphatic rings. The summed E-state index contributed by atoms with van der Waals surface area (Å²) < 4.78 is 34.2. The molecule has 0 fully saturated rings. The van der Waals surface area contributed by atoms with E-state index in [1.165, 1.54) is 6.92 Å². The second kappa shape index (κ2) is 6.11. The third kappa shape index (κ3) is 3.40. The molecule has 0 radical (unpaired) electrons. The topological polar surface area (TPSA) is 49.3 Å². The van der Waals surface area contributed by atoms with Crippen LogP contribution in [-0.2, 0) is 11.4 Å². The number of hydrogen-bond donors (Lipinski definition) is 2. The minimum absolute atomic E-state index is 0.0194. The predicted octanol–water partition coefficient (Wildman–Crippen LogP) is 2.51. The molecule has 1 aromatic rings. The van der Waals surface area contributed by atoms with Gasteiger partial charge in [0.15, 0.2) is 6.17 Å². The maximum absolute atomic E-state index is 13.3. The molecule has 1 aromatic carbocycles. The average molecular weight is 279 g/mol. The smallest absolute Gasteiger partial charge is 0.254 e. The Kier molecular flexibility index (Phi) is 4.49. The van der Waals surface area contributed by atoms with Gasteiger partial charge in [-0.05, 0) is 31.5 Å². The number of aliphatic hydroxyl groups excluding tert-OH is 1. The van der Waals surface area contributed by atoms with Crippen LogP contribution in [0.25, 0.3) is 0 Å². The zero-order valence-corrected chi connectivity index (χ0v) is 10.7. The van der Waals surface area contributed by atoms with Gasteiger partial charge < -0.3 is 10.4 Å². The van der Waals surface area contributed by atoms with Crippen molar-refractivity contribution in [3.63, 3.8) is 0 Å². The highest BCUT2D eigenvalue weighted by Crippen LogP contribution is 2.26. The molecule has 0 heterocycles. The van der Waals surface area contributed by atoms with Gasteiger partial charge in [-0.3, -0.25) is 4.79 Å². The highest BCUT2D eigenvalue weighted by Gasteiger charge is 2.19. The SMILES string of the molecule is [2H][C@@](C)(NC(=O)[C@@H](C)F)c1cc(F)cc(Cl)c1CO. The lowest BCUT2D eigenvalue weighted by Crippen LogP contribution is -2.33. The van der Waals surface area contributed by atoms with Crippen LogP contribution in [0.4, 0.5) is 8.78 Å². The van der Waals surface area contributed by atoms with Crippen molar-refractivity contribution >= 4 is 17.5 Å². The summed E-state index contributed by atoms with van der Waals surface area (Å²) in [5.41, 5.74) is 0.0985. The number of benzene rings is 1. The van der Waals surface area contributed by atoms with Crippen LogP contribution in [0.1, 0.15) is 32.4 Å². The van der Waals surface area contributed by atoms with E-state index >= 15 is 0 Å². The zero-order valence-electron chi connectivity index (χ0n) is 10.9. The molecule has 1 rings (SSSR count). The molecule has 0 spiro atoms. The van der Waals surface area contributed by atoms with Gasteiger partial charge >= 0.3 is 0 Å². The molecule has 0 unspecified atom stereocenters. The van der Waals surface area contributed by atoms with E-state index in [2.05, 4.69) is 5.32 Å². The Bertz CT molecular complexity index is 495. The second-order valence-electron chi connectivity index (χ2n) is 3.80. The largest absolute Gasteiger partial charge is 0.392 e. The first-order valence-corrected chi connectivity index (χ1v) is 5.62. The van der Waals surface area contributed by atoms with Gasteiger partial charge in [-0.15, -0.1) is 0 Å². The van der Waals surface area contributed by atoms with Gasteiger partial charge in [0.25, 0.3) is 5.91 Å². The van der Waals surface area contributed by atoms with Crippen molar-refractivity contribution < 1.29 is 20.1 Å². The van der Waals surface area contributed by atoms with Gasteiger partial charge in [-0.2, -0.15) is 0 Å². The van der Waals surface area contributed by atoms with Crippen molar-refractivity contribution in [2.75, 3.05) is 0 Å². The summed E-state index contributed by atoms with van der Waals surface area (Å²) in [6, 6.07) is 0.168. The Morgan fingerprint density at radius 3 is 2.72 bits per heavy atom. The number of amides is 1. The maximum atomic E-state index is 13.3. The van der Waals surface area contributed by atoms with Gasteiger partial charge in [0.2, 0.25) is 0 Å². The molecule has 0 saturated heterocycles. The summed E-state index contributed by atoms with van der Waals surface area (Å²) in [5, 5.41) is 11.3. The normalized spacial score (nSPS) is 16.7. The summed E-state index contributed by atoms with van der Waals surface area (Å²) in [6.07, 6.45) is -1.80. The number of halogens is 3. The minimum atomic E-state index is -1.80. The van der Waals surface area contributed by atoms with Crippen molar-refractivity contribution in [1.82, 2.24) is 5.32 Å². The molecule has 3 nitrogen and oxygen atoms in total. The summed E-state index contributed by atoms with van der Waals surface area (Å²) in [5.74, 6) is -1.71. The zero-order chi connectivity index (χ0) is 14.8. The fourth-order valence-electron chi connectivity index (χ4n) is 1.45. The van der Waals surface area contributed by atoms with E-state index in [4.69, 9.17) is 13.0 Å². The molecule has 2 N–H and O–H groups in total. The number of aliphatic hydroxyl groups is 1. The van der Waals surface area contributed by atoms with Gasteiger partial charge in [0, 0.05) is 10.6 Å². The van der Waals surface area contributed by atoms with Crippen LogP contribution < -0.4 is 5.32 Å². The Morgan fingerprint density at radius 2 is 2.22 bits per heavy atom. The molecule has 18 heavy (non-hydrogen) atoms. The highest BCUT2D eigenvalue weighted by molar-refractivity contribution is 6.31. The van der Waals surface area contributed by atoms with Crippen molar-refractivity contribution in [2.45, 2.75) is 32.6 Å². The Hall–Kier alpha value is -1.20. The summed E-state index contributed by atoms with van der Waals surface area (Å²) >= 11 is 5.77. The number of rotatable bonds is 4. The minimum Gasteiger partial charge on any atom is -0.392 e. The number of hydrogen-bond acceptors (Lipinski definition) is 2. The standard InChI is InChI=1S/C12H14ClF2NO2/c1-6(14)12(18)16-7(2)9-3-8(15)4-11(13)10(9)5-17/h3-4,6-7,17H,5H2,1-2H3,(H,16,18)/t6-,7+/m1/s1/i7D. The molecular formula is C12H14ClF2NO2. The van der Waals surface area contributed by atoms with E-state index in [0.29, 0.717) is 0 Å². The second-order valence-corrected chi connectivity index (χ2v) is 4.21. The van der Waals surface area contributed by atoms with E-state index < -0.39 is 30.5 Å². The fraction of sp³-hybridized carbons (Fsp3) is 0.417. The molecule has 1 amide bonds. The molecule has 0 saturated carbocycles. The third-order valence-corrected chi connectivity index (χ3v) is 2.73. The summed E-state index contributed by atoms with van der Waals surface area (Å²) in [7, 11) is 0. The molecule has 6 heteroatoms. The lowest BCUT2D eigenvalue weighted by atomic mass is 10.0. The van der Waals surface area contributed by atoms with Crippen molar-refractivity contribution in [2.24, 2.45) is 0 Å². The van der Waals surface area contributed by atoms with Crippen LogP contribution in [0.15, 0.2) is 12.1 Å². The van der Waals surface area contributed by atoms with E-state index in [9.17, 15) is 18.7 Å². The van der Waals surface area contributed by atoms with E-state index in [-0.39, 0.29) is 16.1 Å². The highest BCUT2D eigenvalue weighted by atomic mass is 35.5. The van der Waals surface area contributed by atoms with E-state index in [1.54, 1.807) is 0 Å². The monoisotopic (exact) mass is 278 g/mol. The molecule has 0 bridgehead atoms. The molecule has 0 aliphatic carbocycles. The first-order valence-electron chi connectivity index (χ1n) is 5.74. The average Bonchev–Trinajstić information content (AvgIpc) is 2.27. The van der Waals surface area contributed by atoms with Crippen molar-refractivity contribution in [1.29, 1.82) is 0 Å². The molecule has 2 atom stereocenters. The van der Waals surface area contributed by atoms with Gasteiger partial charge in [0.05, 0.1) is 14.0 Å². The van der Waals surface area contributed by atoms with E-state index in [0.717, 1.165) is 19.1 Å². The number of carbonyl (C=O) groups excluding carboxylic acids is 1. The van der Waals surface area contributed by atoms with Crippen LogP contribution in [0, 0.1) is 5.82 Å². The van der Waals surface area contributed by atoms with Gasteiger partial charge in [-0.1, -0.05) is 11.6 Å². The van der Waals surface area contributed by atoms with E-state index in [1.807, 2.05) is 0 Å². The Labute approximate surface area is 110 Å². The molecule has 0 aliphatic heterocycles. The lowest BCUT2D eigenvalue weighted by Gasteiger charge is -2.18. The van der Waals surface area contributed by atoms with Crippen molar-refractivity contribution in [3.8, 4) is 0 Å². The third-order valence-electron chi connectivity index (χ3n) is 2.39. The molecular weight excluding hydrogens is 264 g/mol. The first-order chi connectivity index (χ1) is 8.69. The lowest BCUT2D eigenvalue weighted by molar-refractivity contribution is -0.126. The van der Waals surface area contributed by atoms with Gasteiger partial charge in [-0.25, -0.2) is 8.78 Å². The van der Waals surface area contributed by atoms with Crippen molar-refractivity contribution in [3.05, 3.63) is 34.1 Å².